The maximum atomic E-state index is 14.0. The third kappa shape index (κ3) is 3.30. The first-order valence-electron chi connectivity index (χ1n) is 12.0. The normalized spacial score (nSPS) is 26.8. The van der Waals surface area contributed by atoms with Crippen molar-refractivity contribution in [2.75, 3.05) is 26.2 Å². The van der Waals surface area contributed by atoms with E-state index in [9.17, 15) is 9.59 Å². The van der Waals surface area contributed by atoms with Gasteiger partial charge in [-0.2, -0.15) is 0 Å². The molecule has 0 aliphatic carbocycles. The van der Waals surface area contributed by atoms with Crippen LogP contribution in [0.3, 0.4) is 0 Å². The summed E-state index contributed by atoms with van der Waals surface area (Å²) in [7, 11) is 0. The van der Waals surface area contributed by atoms with E-state index < -0.39 is 10.8 Å². The van der Waals surface area contributed by atoms with Gasteiger partial charge in [-0.3, -0.25) is 24.3 Å². The van der Waals surface area contributed by atoms with Gasteiger partial charge in [-0.15, -0.1) is 0 Å². The molecule has 3 heterocycles. The number of hydrogen-bond donors (Lipinski definition) is 0. The highest BCUT2D eigenvalue weighted by atomic mass is 16.2. The van der Waals surface area contributed by atoms with Crippen molar-refractivity contribution in [3.05, 3.63) is 108 Å². The first kappa shape index (κ1) is 21.3. The summed E-state index contributed by atoms with van der Waals surface area (Å²) < 4.78 is 0. The van der Waals surface area contributed by atoms with E-state index in [0.29, 0.717) is 32.7 Å². The van der Waals surface area contributed by atoms with E-state index in [1.165, 1.54) is 11.1 Å². The van der Waals surface area contributed by atoms with Crippen LogP contribution in [0.2, 0.25) is 0 Å². The molecule has 2 amide bonds. The summed E-state index contributed by atoms with van der Waals surface area (Å²) in [5.41, 5.74) is 2.08. The monoisotopic (exact) mass is 451 g/mol. The van der Waals surface area contributed by atoms with Crippen LogP contribution in [0.4, 0.5) is 0 Å². The van der Waals surface area contributed by atoms with Gasteiger partial charge < -0.3 is 0 Å². The van der Waals surface area contributed by atoms with Gasteiger partial charge in [0.15, 0.2) is 0 Å². The fraction of sp³-hybridized carbons (Fsp3) is 0.310. The fourth-order valence-electron chi connectivity index (χ4n) is 6.45. The van der Waals surface area contributed by atoms with Crippen molar-refractivity contribution in [1.29, 1.82) is 0 Å². The second-order valence-electron chi connectivity index (χ2n) is 10.1. The van der Waals surface area contributed by atoms with E-state index in [1.54, 1.807) is 4.90 Å². The number of likely N-dealkylation sites (tertiary alicyclic amines) is 3. The van der Waals surface area contributed by atoms with E-state index in [2.05, 4.69) is 34.1 Å². The number of carbonyl (C=O) groups excluding carboxylic acids is 2. The van der Waals surface area contributed by atoms with Gasteiger partial charge in [-0.05, 0) is 16.7 Å². The predicted octanol–water partition coefficient (Wildman–Crippen LogP) is 3.56. The predicted molar refractivity (Wildman–Crippen MR) is 130 cm³/mol. The first-order valence-corrected chi connectivity index (χ1v) is 12.0. The van der Waals surface area contributed by atoms with Crippen LogP contribution in [0.5, 0.6) is 0 Å². The Hall–Kier alpha value is -3.28. The van der Waals surface area contributed by atoms with Gasteiger partial charge in [0.25, 0.3) is 0 Å². The van der Waals surface area contributed by atoms with Crippen molar-refractivity contribution >= 4 is 11.8 Å². The number of carbonyl (C=O) groups is 2. The standard InChI is InChI=1S/C29H29N3O2/c33-26-28-19-30(16-23-10-4-1-5-11-23)20-29(28,22-31(21-28)17-24-12-6-2-7-13-24)27(34)32(26)18-25-14-8-3-9-15-25/h1-15H,16-22H2. The van der Waals surface area contributed by atoms with E-state index >= 15 is 0 Å². The minimum atomic E-state index is -0.678. The zero-order chi connectivity index (χ0) is 23.2. The lowest BCUT2D eigenvalue weighted by molar-refractivity contribution is -0.144. The van der Waals surface area contributed by atoms with Crippen LogP contribution in [0.15, 0.2) is 91.0 Å². The average molecular weight is 452 g/mol. The van der Waals surface area contributed by atoms with E-state index in [1.807, 2.05) is 66.7 Å². The third-order valence-electron chi connectivity index (χ3n) is 7.88. The minimum Gasteiger partial charge on any atom is -0.297 e. The topological polar surface area (TPSA) is 43.9 Å². The molecule has 5 heteroatoms. The highest BCUT2D eigenvalue weighted by Gasteiger charge is 2.76. The Balaban J connectivity index is 1.31. The van der Waals surface area contributed by atoms with Crippen LogP contribution < -0.4 is 0 Å². The molecule has 34 heavy (non-hydrogen) atoms. The van der Waals surface area contributed by atoms with Crippen molar-refractivity contribution in [2.45, 2.75) is 19.6 Å². The third-order valence-corrected chi connectivity index (χ3v) is 7.88. The van der Waals surface area contributed by atoms with Crippen LogP contribution in [0.1, 0.15) is 16.7 Å². The molecule has 0 bridgehead atoms. The molecule has 3 aromatic carbocycles. The molecular weight excluding hydrogens is 422 g/mol. The van der Waals surface area contributed by atoms with Crippen molar-refractivity contribution in [3.8, 4) is 0 Å². The van der Waals surface area contributed by atoms with Crippen LogP contribution in [-0.2, 0) is 29.2 Å². The first-order chi connectivity index (χ1) is 16.6. The van der Waals surface area contributed by atoms with Crippen LogP contribution in [-0.4, -0.2) is 52.7 Å². The van der Waals surface area contributed by atoms with Crippen molar-refractivity contribution in [2.24, 2.45) is 10.8 Å². The Labute approximate surface area is 200 Å². The Bertz CT molecular complexity index is 1110. The summed E-state index contributed by atoms with van der Waals surface area (Å²) in [6.07, 6.45) is 0. The highest BCUT2D eigenvalue weighted by molar-refractivity contribution is 6.11. The Morgan fingerprint density at radius 1 is 0.500 bits per heavy atom. The van der Waals surface area contributed by atoms with Crippen molar-refractivity contribution in [3.63, 3.8) is 0 Å². The second kappa shape index (κ2) is 8.19. The molecule has 0 spiro atoms. The lowest BCUT2D eigenvalue weighted by Crippen LogP contribution is -2.44. The Morgan fingerprint density at radius 3 is 1.18 bits per heavy atom. The summed E-state index contributed by atoms with van der Waals surface area (Å²) in [5, 5.41) is 0. The van der Waals surface area contributed by atoms with Crippen LogP contribution >= 0.6 is 0 Å². The van der Waals surface area contributed by atoms with Gasteiger partial charge in [0.2, 0.25) is 11.8 Å². The molecule has 3 fully saturated rings. The lowest BCUT2D eigenvalue weighted by Gasteiger charge is -2.29. The van der Waals surface area contributed by atoms with Crippen LogP contribution in [0, 0.1) is 10.8 Å². The SMILES string of the molecule is O=C1N(Cc2ccccc2)C(=O)C23CN(Cc4ccccc4)CC12CN(Cc1ccccc1)C3. The number of benzene rings is 3. The zero-order valence-electron chi connectivity index (χ0n) is 19.3. The molecule has 3 aromatic rings. The molecule has 3 aliphatic rings. The number of rotatable bonds is 6. The maximum Gasteiger partial charge on any atom is 0.239 e. The van der Waals surface area contributed by atoms with Gasteiger partial charge in [-0.1, -0.05) is 91.0 Å². The lowest BCUT2D eigenvalue weighted by atomic mass is 9.70. The molecule has 3 aliphatic heterocycles. The highest BCUT2D eigenvalue weighted by Crippen LogP contribution is 2.58. The molecule has 3 saturated heterocycles. The summed E-state index contributed by atoms with van der Waals surface area (Å²) >= 11 is 0. The van der Waals surface area contributed by atoms with E-state index in [4.69, 9.17) is 0 Å². The quantitative estimate of drug-likeness (QED) is 0.538. The number of amides is 2. The van der Waals surface area contributed by atoms with Gasteiger partial charge in [0.05, 0.1) is 17.4 Å². The Morgan fingerprint density at radius 2 is 0.824 bits per heavy atom. The zero-order valence-corrected chi connectivity index (χ0v) is 19.3. The van der Waals surface area contributed by atoms with Crippen molar-refractivity contribution in [1.82, 2.24) is 14.7 Å². The molecular formula is C29H29N3O2. The minimum absolute atomic E-state index is 0.00692. The largest absolute Gasteiger partial charge is 0.297 e. The molecule has 6 rings (SSSR count). The van der Waals surface area contributed by atoms with Crippen molar-refractivity contribution < 1.29 is 9.59 Å². The fourth-order valence-corrected chi connectivity index (χ4v) is 6.45. The number of hydrogen-bond acceptors (Lipinski definition) is 4. The molecule has 0 unspecified atom stereocenters. The van der Waals surface area contributed by atoms with Gasteiger partial charge in [0, 0.05) is 39.3 Å². The molecule has 0 N–H and O–H groups in total. The van der Waals surface area contributed by atoms with Crippen LogP contribution in [0.25, 0.3) is 0 Å². The molecule has 172 valence electrons. The van der Waals surface area contributed by atoms with E-state index in [0.717, 1.165) is 18.7 Å². The smallest absolute Gasteiger partial charge is 0.239 e. The molecule has 0 aromatic heterocycles. The van der Waals surface area contributed by atoms with E-state index in [-0.39, 0.29) is 11.8 Å². The van der Waals surface area contributed by atoms with Gasteiger partial charge >= 0.3 is 0 Å². The molecule has 0 saturated carbocycles. The van der Waals surface area contributed by atoms with Gasteiger partial charge in [-0.25, -0.2) is 0 Å². The average Bonchev–Trinajstić information content (AvgIpc) is 3.38. The summed E-state index contributed by atoms with van der Waals surface area (Å²) in [6, 6.07) is 30.5. The summed E-state index contributed by atoms with van der Waals surface area (Å²) in [6.45, 7) is 4.40. The second-order valence-corrected chi connectivity index (χ2v) is 10.1. The number of nitrogens with zero attached hydrogens (tertiary/aromatic N) is 3. The molecule has 5 nitrogen and oxygen atoms in total. The Kier molecular flexibility index (Phi) is 5.12. The maximum absolute atomic E-state index is 14.0. The number of imide groups is 1. The van der Waals surface area contributed by atoms with Gasteiger partial charge in [0.1, 0.15) is 0 Å². The summed E-state index contributed by atoms with van der Waals surface area (Å²) in [5.74, 6) is 0.0138. The summed E-state index contributed by atoms with van der Waals surface area (Å²) in [4.78, 5) is 34.3. The molecule has 0 atom stereocenters. The molecule has 0 radical (unpaired) electrons.